The molecule has 168 valence electrons. The van der Waals surface area contributed by atoms with Crippen LogP contribution < -0.4 is 10.6 Å². The maximum absolute atomic E-state index is 12.9. The van der Waals surface area contributed by atoms with E-state index in [4.69, 9.17) is 0 Å². The van der Waals surface area contributed by atoms with Crippen molar-refractivity contribution in [3.63, 3.8) is 0 Å². The van der Waals surface area contributed by atoms with Gasteiger partial charge in [0.05, 0.1) is 11.3 Å². The number of benzene rings is 2. The number of halogens is 1. The number of carbonyl (C=O) groups excluding carboxylic acids is 2. The van der Waals surface area contributed by atoms with Crippen molar-refractivity contribution in [2.45, 2.75) is 10.8 Å². The van der Waals surface area contributed by atoms with Gasteiger partial charge in [-0.2, -0.15) is 0 Å². The molecule has 2 N–H and O–H groups in total. The van der Waals surface area contributed by atoms with Crippen LogP contribution in [0.5, 0.6) is 0 Å². The first kappa shape index (κ1) is 22.9. The lowest BCUT2D eigenvalue weighted by atomic mass is 10.1. The molecule has 0 saturated heterocycles. The number of nitrogens with zero attached hydrogens (tertiary/aromatic N) is 3. The van der Waals surface area contributed by atoms with Crippen LogP contribution in [0.4, 0.5) is 11.5 Å². The summed E-state index contributed by atoms with van der Waals surface area (Å²) in [6, 6.07) is 18.0. The van der Waals surface area contributed by atoms with E-state index in [1.807, 2.05) is 25.2 Å². The number of amides is 2. The van der Waals surface area contributed by atoms with Crippen molar-refractivity contribution >= 4 is 51.7 Å². The third-order valence-corrected chi connectivity index (χ3v) is 6.20. The number of para-hydroxylation sites is 1. The number of amidine groups is 1. The average Bonchev–Trinajstić information content (AvgIpc) is 2.85. The minimum atomic E-state index is -0.339. The smallest absolute Gasteiger partial charge is 0.258 e. The molecule has 0 bridgehead atoms. The summed E-state index contributed by atoms with van der Waals surface area (Å²) in [5, 5.41) is 5.65. The molecule has 2 heterocycles. The Morgan fingerprint density at radius 1 is 1.00 bits per heavy atom. The van der Waals surface area contributed by atoms with Gasteiger partial charge in [-0.1, -0.05) is 52.9 Å². The number of aliphatic imine (C=N–C) groups is 1. The molecule has 0 radical (unpaired) electrons. The van der Waals surface area contributed by atoms with Gasteiger partial charge in [-0.3, -0.25) is 14.6 Å². The van der Waals surface area contributed by atoms with E-state index in [0.717, 1.165) is 40.9 Å². The third kappa shape index (κ3) is 5.57. The van der Waals surface area contributed by atoms with Crippen LogP contribution in [0.15, 0.2) is 71.9 Å². The minimum Gasteiger partial charge on any atom is -0.359 e. The normalized spacial score (nSPS) is 13.3. The number of carbonyl (C=O) groups is 2. The van der Waals surface area contributed by atoms with Crippen LogP contribution in [-0.2, 0) is 4.43 Å². The summed E-state index contributed by atoms with van der Waals surface area (Å²) in [7, 11) is 2.02. The lowest BCUT2D eigenvalue weighted by Gasteiger charge is -2.25. The van der Waals surface area contributed by atoms with Gasteiger partial charge >= 0.3 is 0 Å². The van der Waals surface area contributed by atoms with Crippen LogP contribution >= 0.6 is 22.6 Å². The number of nitrogens with one attached hydrogen (secondary N) is 2. The van der Waals surface area contributed by atoms with Crippen LogP contribution in [0.25, 0.3) is 0 Å². The third-order valence-electron chi connectivity index (χ3n) is 5.32. The average molecular weight is 553 g/mol. The van der Waals surface area contributed by atoms with Gasteiger partial charge in [-0.25, -0.2) is 4.98 Å². The summed E-state index contributed by atoms with van der Waals surface area (Å²) in [5.41, 5.74) is 3.36. The highest BCUT2D eigenvalue weighted by atomic mass is 127. The number of alkyl halides is 1. The summed E-state index contributed by atoms with van der Waals surface area (Å²) in [6.45, 7) is 1.79. The van der Waals surface area contributed by atoms with E-state index in [2.05, 4.69) is 48.1 Å². The molecule has 0 saturated carbocycles. The molecule has 7 nitrogen and oxygen atoms in total. The topological polar surface area (TPSA) is 86.7 Å². The van der Waals surface area contributed by atoms with Crippen molar-refractivity contribution in [2.75, 3.05) is 30.8 Å². The molecule has 0 unspecified atom stereocenters. The molecule has 3 aromatic rings. The van der Waals surface area contributed by atoms with E-state index >= 15 is 0 Å². The molecule has 0 spiro atoms. The number of anilines is 2. The Kier molecular flexibility index (Phi) is 7.33. The van der Waals surface area contributed by atoms with E-state index < -0.39 is 0 Å². The van der Waals surface area contributed by atoms with E-state index in [9.17, 15) is 9.59 Å². The second-order valence-corrected chi connectivity index (χ2v) is 8.46. The van der Waals surface area contributed by atoms with Crippen LogP contribution in [0, 0.1) is 0 Å². The van der Waals surface area contributed by atoms with Gasteiger partial charge in [-0.15, -0.1) is 0 Å². The lowest BCUT2D eigenvalue weighted by Crippen LogP contribution is -2.32. The summed E-state index contributed by atoms with van der Waals surface area (Å²) in [6.07, 6.45) is 2.78. The maximum atomic E-state index is 12.9. The van der Waals surface area contributed by atoms with Crippen molar-refractivity contribution < 1.29 is 9.59 Å². The fourth-order valence-electron chi connectivity index (χ4n) is 3.55. The first-order valence-corrected chi connectivity index (χ1v) is 12.2. The van der Waals surface area contributed by atoms with Crippen molar-refractivity contribution in [3.05, 3.63) is 89.1 Å². The molecule has 1 aliphatic rings. The number of aromatic nitrogens is 1. The quantitative estimate of drug-likeness (QED) is 0.345. The summed E-state index contributed by atoms with van der Waals surface area (Å²) in [4.78, 5) is 36.7. The van der Waals surface area contributed by atoms with Crippen LogP contribution in [0.2, 0.25) is 0 Å². The SMILES string of the molecule is CN1CCCN=C1c1ccc(C(=O)Nc2ccccc2C(=O)Nc2ccc(CI)cn2)cc1. The molecule has 0 atom stereocenters. The van der Waals surface area contributed by atoms with E-state index in [1.54, 1.807) is 48.7 Å². The van der Waals surface area contributed by atoms with Gasteiger partial charge in [0.1, 0.15) is 11.7 Å². The van der Waals surface area contributed by atoms with Crippen molar-refractivity contribution in [1.29, 1.82) is 0 Å². The molecule has 1 aliphatic heterocycles. The predicted octanol–water partition coefficient (Wildman–Crippen LogP) is 4.60. The fourth-order valence-corrected chi connectivity index (χ4v) is 4.00. The molecule has 0 aliphatic carbocycles. The van der Waals surface area contributed by atoms with E-state index in [-0.39, 0.29) is 11.8 Å². The molecule has 0 fully saturated rings. The Labute approximate surface area is 206 Å². The number of pyridine rings is 1. The van der Waals surface area contributed by atoms with Crippen LogP contribution in [-0.4, -0.2) is 47.7 Å². The standard InChI is InChI=1S/C25H24IN5O2/c1-31-14-4-13-27-23(31)18-8-10-19(11-9-18)24(32)29-21-6-3-2-5-20(21)25(33)30-22-12-7-17(15-26)16-28-22/h2-3,5-12,16H,4,13-15H2,1H3,(H,29,32)(H,28,30,33). The molecular formula is C25H24IN5O2. The zero-order valence-corrected chi connectivity index (χ0v) is 20.4. The first-order valence-electron chi connectivity index (χ1n) is 10.6. The molecular weight excluding hydrogens is 529 g/mol. The molecule has 33 heavy (non-hydrogen) atoms. The second kappa shape index (κ2) is 10.6. The highest BCUT2D eigenvalue weighted by Gasteiger charge is 2.16. The van der Waals surface area contributed by atoms with Gasteiger partial charge in [-0.05, 0) is 42.3 Å². The van der Waals surface area contributed by atoms with Gasteiger partial charge in [0, 0.05) is 41.9 Å². The maximum Gasteiger partial charge on any atom is 0.258 e. The van der Waals surface area contributed by atoms with Crippen LogP contribution in [0.3, 0.4) is 0 Å². The minimum absolute atomic E-state index is 0.287. The zero-order chi connectivity index (χ0) is 23.2. The summed E-state index contributed by atoms with van der Waals surface area (Å²) in [5.74, 6) is 0.774. The molecule has 2 amide bonds. The molecule has 8 heteroatoms. The Morgan fingerprint density at radius 2 is 1.79 bits per heavy atom. The highest BCUT2D eigenvalue weighted by molar-refractivity contribution is 14.1. The van der Waals surface area contributed by atoms with Crippen molar-refractivity contribution in [2.24, 2.45) is 4.99 Å². The zero-order valence-electron chi connectivity index (χ0n) is 18.2. The number of hydrogen-bond acceptors (Lipinski definition) is 5. The Bertz CT molecular complexity index is 1180. The van der Waals surface area contributed by atoms with Crippen molar-refractivity contribution in [1.82, 2.24) is 9.88 Å². The predicted molar refractivity (Wildman–Crippen MR) is 139 cm³/mol. The first-order chi connectivity index (χ1) is 16.0. The van der Waals surface area contributed by atoms with Crippen molar-refractivity contribution in [3.8, 4) is 0 Å². The summed E-state index contributed by atoms with van der Waals surface area (Å²) >= 11 is 2.26. The highest BCUT2D eigenvalue weighted by Crippen LogP contribution is 2.19. The van der Waals surface area contributed by atoms with E-state index in [1.165, 1.54) is 0 Å². The molecule has 4 rings (SSSR count). The van der Waals surface area contributed by atoms with Gasteiger partial charge in [0.2, 0.25) is 0 Å². The molecule has 2 aromatic carbocycles. The van der Waals surface area contributed by atoms with Gasteiger partial charge in [0.15, 0.2) is 0 Å². The Hall–Kier alpha value is -3.27. The number of rotatable bonds is 6. The molecule has 1 aromatic heterocycles. The Balaban J connectivity index is 1.47. The second-order valence-electron chi connectivity index (χ2n) is 7.70. The summed E-state index contributed by atoms with van der Waals surface area (Å²) < 4.78 is 0.847. The Morgan fingerprint density at radius 3 is 2.48 bits per heavy atom. The largest absolute Gasteiger partial charge is 0.359 e. The van der Waals surface area contributed by atoms with Gasteiger partial charge < -0.3 is 15.5 Å². The number of hydrogen-bond donors (Lipinski definition) is 2. The monoisotopic (exact) mass is 553 g/mol. The van der Waals surface area contributed by atoms with E-state index in [0.29, 0.717) is 22.6 Å². The lowest BCUT2D eigenvalue weighted by molar-refractivity contribution is 0.102. The van der Waals surface area contributed by atoms with Crippen LogP contribution in [0.1, 0.15) is 38.3 Å². The fraction of sp³-hybridized carbons (Fsp3) is 0.200. The van der Waals surface area contributed by atoms with Gasteiger partial charge in [0.25, 0.3) is 11.8 Å².